The number of hydrogen-bond donors (Lipinski definition) is 0. The van der Waals surface area contributed by atoms with Crippen molar-refractivity contribution in [1.82, 2.24) is 0 Å². The number of fused-ring (bicyclic) bond motifs is 1. The normalized spacial score (nSPS) is 18.4. The Hall–Kier alpha value is -3.09. The lowest BCUT2D eigenvalue weighted by Gasteiger charge is -2.24. The maximum absolute atomic E-state index is 13.8. The second-order valence-electron chi connectivity index (χ2n) is 6.90. The van der Waals surface area contributed by atoms with Gasteiger partial charge in [-0.05, 0) is 55.5 Å². The summed E-state index contributed by atoms with van der Waals surface area (Å²) in [6.45, 7) is 2.86. The maximum Gasteiger partial charge on any atom is 0.284 e. The second-order valence-corrected chi connectivity index (χ2v) is 8.29. The average molecular weight is 430 g/mol. The van der Waals surface area contributed by atoms with E-state index < -0.39 is 0 Å². The van der Waals surface area contributed by atoms with Crippen molar-refractivity contribution in [3.8, 4) is 0 Å². The van der Waals surface area contributed by atoms with Crippen LogP contribution in [0.4, 0.5) is 17.1 Å². The van der Waals surface area contributed by atoms with Crippen LogP contribution in [0.3, 0.4) is 0 Å². The van der Waals surface area contributed by atoms with E-state index in [0.717, 1.165) is 33.5 Å². The summed E-state index contributed by atoms with van der Waals surface area (Å²) in [6, 6.07) is 27.7. The molecule has 1 amide bonds. The van der Waals surface area contributed by atoms with Gasteiger partial charge in [-0.3, -0.25) is 14.6 Å². The Balaban J connectivity index is 1.72. The SMILES string of the molecule is CCN1C(=C2C(=O)N(c3ccccc3)C(=S)N2c2ccccc2)Sc2ccccc21. The van der Waals surface area contributed by atoms with E-state index in [9.17, 15) is 4.79 Å². The number of benzene rings is 3. The Kier molecular flexibility index (Phi) is 4.81. The molecule has 0 saturated carbocycles. The van der Waals surface area contributed by atoms with E-state index in [2.05, 4.69) is 24.0 Å². The van der Waals surface area contributed by atoms with Crippen molar-refractivity contribution in [2.75, 3.05) is 21.2 Å². The number of para-hydroxylation sites is 3. The molecule has 2 aliphatic rings. The van der Waals surface area contributed by atoms with Crippen LogP contribution in [0, 0.1) is 0 Å². The molecule has 0 unspecified atom stereocenters. The van der Waals surface area contributed by atoms with E-state index >= 15 is 0 Å². The molecule has 2 aliphatic heterocycles. The third-order valence-electron chi connectivity index (χ3n) is 5.17. The predicted molar refractivity (Wildman–Crippen MR) is 128 cm³/mol. The fourth-order valence-corrected chi connectivity index (χ4v) is 5.45. The van der Waals surface area contributed by atoms with Gasteiger partial charge in [0.2, 0.25) is 0 Å². The fourth-order valence-electron chi connectivity index (χ4n) is 3.82. The van der Waals surface area contributed by atoms with E-state index in [0.29, 0.717) is 10.8 Å². The molecule has 0 radical (unpaired) electrons. The minimum Gasteiger partial charge on any atom is -0.333 e. The van der Waals surface area contributed by atoms with Gasteiger partial charge in [-0.1, -0.05) is 60.3 Å². The first-order valence-corrected chi connectivity index (χ1v) is 11.0. The van der Waals surface area contributed by atoms with Crippen LogP contribution in [0.2, 0.25) is 0 Å². The molecule has 5 rings (SSSR count). The van der Waals surface area contributed by atoms with Gasteiger partial charge in [-0.25, -0.2) is 0 Å². The minimum atomic E-state index is -0.108. The van der Waals surface area contributed by atoms with Gasteiger partial charge >= 0.3 is 0 Å². The van der Waals surface area contributed by atoms with Gasteiger partial charge in [0.1, 0.15) is 10.7 Å². The zero-order valence-corrected chi connectivity index (χ0v) is 18.0. The van der Waals surface area contributed by atoms with Crippen LogP contribution in [-0.2, 0) is 4.79 Å². The van der Waals surface area contributed by atoms with Gasteiger partial charge in [0.05, 0.1) is 11.4 Å². The number of hydrogen-bond acceptors (Lipinski definition) is 4. The molecule has 1 saturated heterocycles. The topological polar surface area (TPSA) is 26.8 Å². The van der Waals surface area contributed by atoms with Gasteiger partial charge in [0.25, 0.3) is 5.91 Å². The Morgan fingerprint density at radius 3 is 2.00 bits per heavy atom. The van der Waals surface area contributed by atoms with Crippen molar-refractivity contribution >= 4 is 52.1 Å². The van der Waals surface area contributed by atoms with Crippen LogP contribution in [0.25, 0.3) is 0 Å². The molecule has 1 fully saturated rings. The number of carbonyl (C=O) groups is 1. The van der Waals surface area contributed by atoms with E-state index in [1.54, 1.807) is 16.7 Å². The zero-order valence-electron chi connectivity index (χ0n) is 16.4. The van der Waals surface area contributed by atoms with Crippen LogP contribution < -0.4 is 14.7 Å². The summed E-state index contributed by atoms with van der Waals surface area (Å²) in [5.74, 6) is -0.108. The highest BCUT2D eigenvalue weighted by atomic mass is 32.2. The Morgan fingerprint density at radius 2 is 1.37 bits per heavy atom. The molecule has 0 atom stereocenters. The molecule has 0 aromatic heterocycles. The smallest absolute Gasteiger partial charge is 0.284 e. The number of anilines is 3. The number of rotatable bonds is 3. The van der Waals surface area contributed by atoms with Crippen LogP contribution in [0.15, 0.2) is 101 Å². The lowest BCUT2D eigenvalue weighted by atomic mass is 10.2. The van der Waals surface area contributed by atoms with Crippen LogP contribution in [-0.4, -0.2) is 17.6 Å². The molecule has 148 valence electrons. The van der Waals surface area contributed by atoms with Crippen molar-refractivity contribution in [3.63, 3.8) is 0 Å². The second kappa shape index (κ2) is 7.63. The highest BCUT2D eigenvalue weighted by Crippen LogP contribution is 2.49. The van der Waals surface area contributed by atoms with E-state index in [1.807, 2.05) is 77.7 Å². The summed E-state index contributed by atoms with van der Waals surface area (Å²) in [5, 5.41) is 1.38. The number of thiocarbonyl (C=S) groups is 1. The number of nitrogens with zero attached hydrogens (tertiary/aromatic N) is 3. The fraction of sp³-hybridized carbons (Fsp3) is 0.0833. The molecule has 6 heteroatoms. The summed E-state index contributed by atoms with van der Waals surface area (Å²) in [7, 11) is 0. The Bertz CT molecular complexity index is 1160. The summed E-state index contributed by atoms with van der Waals surface area (Å²) in [5.41, 5.74) is 3.37. The van der Waals surface area contributed by atoms with Crippen LogP contribution >= 0.6 is 24.0 Å². The van der Waals surface area contributed by atoms with E-state index in [1.165, 1.54) is 0 Å². The lowest BCUT2D eigenvalue weighted by Crippen LogP contribution is -2.32. The summed E-state index contributed by atoms with van der Waals surface area (Å²) in [6.07, 6.45) is 0. The van der Waals surface area contributed by atoms with E-state index in [-0.39, 0.29) is 5.91 Å². The Morgan fingerprint density at radius 1 is 0.800 bits per heavy atom. The van der Waals surface area contributed by atoms with E-state index in [4.69, 9.17) is 12.2 Å². The molecule has 0 bridgehead atoms. The molecule has 0 spiro atoms. The van der Waals surface area contributed by atoms with Crippen LogP contribution in [0.1, 0.15) is 6.92 Å². The summed E-state index contributed by atoms with van der Waals surface area (Å²) in [4.78, 5) is 20.7. The number of thioether (sulfide) groups is 1. The van der Waals surface area contributed by atoms with Gasteiger partial charge in [0.15, 0.2) is 5.11 Å². The van der Waals surface area contributed by atoms with Crippen molar-refractivity contribution < 1.29 is 4.79 Å². The molecule has 3 aromatic carbocycles. The summed E-state index contributed by atoms with van der Waals surface area (Å²) >= 11 is 7.47. The predicted octanol–water partition coefficient (Wildman–Crippen LogP) is 5.63. The molecule has 0 N–H and O–H groups in total. The van der Waals surface area contributed by atoms with Gasteiger partial charge in [-0.2, -0.15) is 0 Å². The minimum absolute atomic E-state index is 0.108. The third-order valence-corrected chi connectivity index (χ3v) is 6.70. The molecule has 3 aromatic rings. The first-order chi connectivity index (χ1) is 14.7. The largest absolute Gasteiger partial charge is 0.333 e. The van der Waals surface area contributed by atoms with Crippen molar-refractivity contribution in [2.24, 2.45) is 0 Å². The molecule has 4 nitrogen and oxygen atoms in total. The van der Waals surface area contributed by atoms with Crippen molar-refractivity contribution in [1.29, 1.82) is 0 Å². The van der Waals surface area contributed by atoms with Gasteiger partial charge in [0, 0.05) is 17.1 Å². The number of carbonyl (C=O) groups excluding carboxylic acids is 1. The molecule has 0 aliphatic carbocycles. The zero-order chi connectivity index (χ0) is 20.7. The highest BCUT2D eigenvalue weighted by molar-refractivity contribution is 8.03. The van der Waals surface area contributed by atoms with Crippen molar-refractivity contribution in [2.45, 2.75) is 11.8 Å². The molecule has 30 heavy (non-hydrogen) atoms. The molecular formula is C24H19N3OS2. The summed E-state index contributed by atoms with van der Waals surface area (Å²) < 4.78 is 0. The first-order valence-electron chi connectivity index (χ1n) is 9.78. The quantitative estimate of drug-likeness (QED) is 0.397. The monoisotopic (exact) mass is 429 g/mol. The molecule has 2 heterocycles. The first kappa shape index (κ1) is 18.9. The number of amides is 1. The molecular weight excluding hydrogens is 410 g/mol. The maximum atomic E-state index is 13.8. The third kappa shape index (κ3) is 2.91. The average Bonchev–Trinajstić information content (AvgIpc) is 3.28. The lowest BCUT2D eigenvalue weighted by molar-refractivity contribution is -0.113. The Labute approximate surface area is 185 Å². The highest BCUT2D eigenvalue weighted by Gasteiger charge is 2.44. The standard InChI is InChI=1S/C24H19N3OS2/c1-2-25-19-15-9-10-16-20(19)30-23(25)21-22(28)27(18-13-7-4-8-14-18)24(29)26(21)17-11-5-3-6-12-17/h3-16H,2H2,1H3. The van der Waals surface area contributed by atoms with Crippen molar-refractivity contribution in [3.05, 3.63) is 95.7 Å². The van der Waals surface area contributed by atoms with Gasteiger partial charge in [-0.15, -0.1) is 0 Å². The van der Waals surface area contributed by atoms with Crippen LogP contribution in [0.5, 0.6) is 0 Å². The van der Waals surface area contributed by atoms with Gasteiger partial charge < -0.3 is 4.90 Å².